The number of ether oxygens (including phenoxy) is 1. The molecular formula is C14H22BNO4. The average Bonchev–Trinajstić information content (AvgIpc) is 2.93. The van der Waals surface area contributed by atoms with Gasteiger partial charge in [0.25, 0.3) is 0 Å². The molecule has 0 bridgehead atoms. The van der Waals surface area contributed by atoms with E-state index >= 15 is 0 Å². The Morgan fingerprint density at radius 2 is 1.95 bits per heavy atom. The molecule has 1 saturated heterocycles. The van der Waals surface area contributed by atoms with Crippen molar-refractivity contribution in [3.8, 4) is 0 Å². The van der Waals surface area contributed by atoms with E-state index in [9.17, 15) is 4.79 Å². The summed E-state index contributed by atoms with van der Waals surface area (Å²) in [6.07, 6.45) is 3.91. The van der Waals surface area contributed by atoms with E-state index in [2.05, 4.69) is 4.98 Å². The Bertz CT molecular complexity index is 454. The van der Waals surface area contributed by atoms with Crippen LogP contribution in [0.3, 0.4) is 0 Å². The maximum Gasteiger partial charge on any atom is 0.466 e. The number of hydrogen-bond acceptors (Lipinski definition) is 4. The Balaban J connectivity index is 2.23. The molecule has 1 unspecified atom stereocenters. The van der Waals surface area contributed by atoms with Gasteiger partial charge in [-0.1, -0.05) is 0 Å². The maximum absolute atomic E-state index is 11.7. The topological polar surface area (TPSA) is 60.6 Å². The number of carbonyl (C=O) groups is 1. The summed E-state index contributed by atoms with van der Waals surface area (Å²) in [6.45, 7) is 8.00. The summed E-state index contributed by atoms with van der Waals surface area (Å²) in [5.41, 5.74) is 0.152. The van der Waals surface area contributed by atoms with Gasteiger partial charge in [0.15, 0.2) is 0 Å². The van der Waals surface area contributed by atoms with Crippen molar-refractivity contribution in [2.75, 3.05) is 7.11 Å². The van der Waals surface area contributed by atoms with Crippen LogP contribution in [-0.2, 0) is 18.8 Å². The molecule has 0 spiro atoms. The molecule has 1 fully saturated rings. The third-order valence-corrected chi connectivity index (χ3v) is 4.26. The minimum atomic E-state index is -0.463. The summed E-state index contributed by atoms with van der Waals surface area (Å²) >= 11 is 0. The number of H-pyrrole nitrogens is 1. The molecule has 1 aliphatic rings. The fourth-order valence-electron chi connectivity index (χ4n) is 2.25. The minimum absolute atomic E-state index is 0.185. The minimum Gasteiger partial charge on any atom is -0.469 e. The number of carbonyl (C=O) groups excluding carboxylic acids is 1. The van der Waals surface area contributed by atoms with E-state index in [4.69, 9.17) is 14.0 Å². The number of methoxy groups -OCH3 is 1. The number of rotatable bonds is 4. The number of aromatic nitrogens is 1. The lowest BCUT2D eigenvalue weighted by molar-refractivity contribution is -0.140. The first-order valence-electron chi connectivity index (χ1n) is 6.82. The molecule has 110 valence electrons. The average molecular weight is 279 g/mol. The largest absolute Gasteiger partial charge is 0.469 e. The molecule has 20 heavy (non-hydrogen) atoms. The fourth-order valence-corrected chi connectivity index (χ4v) is 2.25. The molecule has 5 nitrogen and oxygen atoms in total. The van der Waals surface area contributed by atoms with E-state index < -0.39 is 18.3 Å². The molecule has 1 atom stereocenters. The summed E-state index contributed by atoms with van der Waals surface area (Å²) in [5.74, 6) is -0.458. The zero-order valence-electron chi connectivity index (χ0n) is 12.7. The van der Waals surface area contributed by atoms with Crippen LogP contribution in [0.15, 0.2) is 18.5 Å². The van der Waals surface area contributed by atoms with Crippen LogP contribution in [0.2, 0.25) is 0 Å². The van der Waals surface area contributed by atoms with Crippen molar-refractivity contribution in [2.24, 2.45) is 0 Å². The number of hydrogen-bond donors (Lipinski definition) is 1. The highest BCUT2D eigenvalue weighted by Crippen LogP contribution is 2.41. The monoisotopic (exact) mass is 279 g/mol. The van der Waals surface area contributed by atoms with Crippen molar-refractivity contribution in [2.45, 2.75) is 51.1 Å². The molecule has 1 aromatic heterocycles. The van der Waals surface area contributed by atoms with E-state index in [1.165, 1.54) is 7.11 Å². The first-order valence-corrected chi connectivity index (χ1v) is 6.82. The van der Waals surface area contributed by atoms with Crippen LogP contribution in [0.4, 0.5) is 0 Å². The second-order valence-electron chi connectivity index (χ2n) is 6.16. The Morgan fingerprint density at radius 1 is 1.35 bits per heavy atom. The second-order valence-corrected chi connectivity index (χ2v) is 6.16. The lowest BCUT2D eigenvalue weighted by atomic mass is 9.67. The van der Waals surface area contributed by atoms with Gasteiger partial charge in [-0.05, 0) is 39.3 Å². The van der Waals surface area contributed by atoms with Gasteiger partial charge in [0.1, 0.15) is 0 Å². The van der Waals surface area contributed by atoms with Gasteiger partial charge in [-0.15, -0.1) is 0 Å². The number of aromatic amines is 1. The molecule has 0 saturated carbocycles. The SMILES string of the molecule is COC(=O)CC(B1OC(C)(C)C(C)(C)O1)c1cc[nH]c1. The van der Waals surface area contributed by atoms with Crippen LogP contribution in [0, 0.1) is 0 Å². The molecular weight excluding hydrogens is 257 g/mol. The highest BCUT2D eigenvalue weighted by molar-refractivity contribution is 6.48. The van der Waals surface area contributed by atoms with Crippen LogP contribution >= 0.6 is 0 Å². The zero-order valence-corrected chi connectivity index (χ0v) is 12.7. The van der Waals surface area contributed by atoms with Crippen molar-refractivity contribution in [3.63, 3.8) is 0 Å². The van der Waals surface area contributed by atoms with Crippen LogP contribution in [0.1, 0.15) is 45.5 Å². The molecule has 2 rings (SSSR count). The molecule has 0 aliphatic carbocycles. The Labute approximate surface area is 120 Å². The summed E-state index contributed by atoms with van der Waals surface area (Å²) in [5, 5.41) is 0. The van der Waals surface area contributed by atoms with Gasteiger partial charge in [0.05, 0.1) is 24.7 Å². The normalized spacial score (nSPS) is 21.8. The van der Waals surface area contributed by atoms with Crippen LogP contribution < -0.4 is 0 Å². The van der Waals surface area contributed by atoms with Gasteiger partial charge in [-0.2, -0.15) is 0 Å². The predicted molar refractivity (Wildman–Crippen MR) is 76.2 cm³/mol. The molecule has 6 heteroatoms. The number of esters is 1. The smallest absolute Gasteiger partial charge is 0.466 e. The lowest BCUT2D eigenvalue weighted by Crippen LogP contribution is -2.41. The quantitative estimate of drug-likeness (QED) is 0.678. The van der Waals surface area contributed by atoms with Gasteiger partial charge in [-0.25, -0.2) is 0 Å². The van der Waals surface area contributed by atoms with Crippen LogP contribution in [0.25, 0.3) is 0 Å². The van der Waals surface area contributed by atoms with Crippen LogP contribution in [-0.4, -0.2) is 36.4 Å². The van der Waals surface area contributed by atoms with E-state index in [1.807, 2.05) is 46.2 Å². The summed E-state index contributed by atoms with van der Waals surface area (Å²) < 4.78 is 16.9. The van der Waals surface area contributed by atoms with Crippen molar-refractivity contribution >= 4 is 13.1 Å². The maximum atomic E-state index is 11.7. The standard InChI is InChI=1S/C14H22BNO4/c1-13(2)14(3,4)20-15(19-13)11(8-12(17)18-5)10-6-7-16-9-10/h6-7,9,11,16H,8H2,1-5H3. The third-order valence-electron chi connectivity index (χ3n) is 4.26. The highest BCUT2D eigenvalue weighted by Gasteiger charge is 2.54. The Kier molecular flexibility index (Phi) is 3.98. The lowest BCUT2D eigenvalue weighted by Gasteiger charge is -2.32. The zero-order chi connectivity index (χ0) is 15.0. The predicted octanol–water partition coefficient (Wildman–Crippen LogP) is 2.29. The molecule has 0 radical (unpaired) electrons. The summed E-state index contributed by atoms with van der Waals surface area (Å²) in [7, 11) is 0.927. The van der Waals surface area contributed by atoms with Gasteiger partial charge in [-0.3, -0.25) is 4.79 Å². The Hall–Kier alpha value is -1.27. The molecule has 1 N–H and O–H groups in total. The van der Waals surface area contributed by atoms with E-state index in [1.54, 1.807) is 0 Å². The van der Waals surface area contributed by atoms with Crippen molar-refractivity contribution < 1.29 is 18.8 Å². The summed E-state index contributed by atoms with van der Waals surface area (Å²) in [4.78, 5) is 14.7. The summed E-state index contributed by atoms with van der Waals surface area (Å²) in [6, 6.07) is 1.93. The molecule has 1 aromatic rings. The Morgan fingerprint density at radius 3 is 2.40 bits per heavy atom. The molecule has 2 heterocycles. The van der Waals surface area contributed by atoms with E-state index in [0.717, 1.165) is 5.56 Å². The second kappa shape index (κ2) is 5.26. The van der Waals surface area contributed by atoms with Crippen molar-refractivity contribution in [1.82, 2.24) is 4.98 Å². The molecule has 1 aliphatic heterocycles. The van der Waals surface area contributed by atoms with Crippen molar-refractivity contribution in [1.29, 1.82) is 0 Å². The molecule has 0 aromatic carbocycles. The fraction of sp³-hybridized carbons (Fsp3) is 0.643. The van der Waals surface area contributed by atoms with Gasteiger partial charge < -0.3 is 19.0 Å². The third kappa shape index (κ3) is 2.76. The van der Waals surface area contributed by atoms with Gasteiger partial charge in [0.2, 0.25) is 0 Å². The highest BCUT2D eigenvalue weighted by atomic mass is 16.7. The van der Waals surface area contributed by atoms with Gasteiger partial charge >= 0.3 is 13.1 Å². The van der Waals surface area contributed by atoms with E-state index in [0.29, 0.717) is 0 Å². The number of nitrogens with one attached hydrogen (secondary N) is 1. The first kappa shape index (κ1) is 15.1. The molecule has 0 amide bonds. The van der Waals surface area contributed by atoms with Crippen molar-refractivity contribution in [3.05, 3.63) is 24.0 Å². The van der Waals surface area contributed by atoms with Gasteiger partial charge in [0, 0.05) is 18.2 Å². The first-order chi connectivity index (χ1) is 9.27. The van der Waals surface area contributed by atoms with E-state index in [-0.39, 0.29) is 18.2 Å². The van der Waals surface area contributed by atoms with Crippen LogP contribution in [0.5, 0.6) is 0 Å².